The van der Waals surface area contributed by atoms with E-state index in [1.54, 1.807) is 6.07 Å². The maximum atomic E-state index is 9.05. The fourth-order valence-corrected chi connectivity index (χ4v) is 1.54. The van der Waals surface area contributed by atoms with E-state index in [4.69, 9.17) is 9.84 Å². The highest BCUT2D eigenvalue weighted by Gasteiger charge is 2.01. The summed E-state index contributed by atoms with van der Waals surface area (Å²) in [5.74, 6) is 1.33. The molecule has 1 rings (SSSR count). The number of aromatic nitrogens is 1. The third kappa shape index (κ3) is 4.62. The number of pyridine rings is 1. The zero-order valence-corrected chi connectivity index (χ0v) is 10.4. The van der Waals surface area contributed by atoms with E-state index in [-0.39, 0.29) is 6.61 Å². The van der Waals surface area contributed by atoms with Crippen molar-refractivity contribution in [2.24, 2.45) is 5.92 Å². The predicted molar refractivity (Wildman–Crippen MR) is 64.5 cm³/mol. The van der Waals surface area contributed by atoms with Crippen LogP contribution in [0.25, 0.3) is 0 Å². The van der Waals surface area contributed by atoms with Gasteiger partial charge >= 0.3 is 0 Å². The minimum absolute atomic E-state index is 0.0334. The summed E-state index contributed by atoms with van der Waals surface area (Å²) < 4.78 is 5.56. The Morgan fingerprint density at radius 2 is 2.12 bits per heavy atom. The highest BCUT2D eigenvalue weighted by atomic mass is 16.5. The Balaban J connectivity index is 2.44. The highest BCUT2D eigenvalue weighted by molar-refractivity contribution is 5.23. The van der Waals surface area contributed by atoms with Crippen molar-refractivity contribution < 1.29 is 9.84 Å². The summed E-state index contributed by atoms with van der Waals surface area (Å²) in [4.78, 5) is 4.27. The first kappa shape index (κ1) is 13.0. The fourth-order valence-electron chi connectivity index (χ4n) is 1.54. The van der Waals surface area contributed by atoms with E-state index in [1.165, 1.54) is 6.42 Å². The zero-order valence-electron chi connectivity index (χ0n) is 10.4. The molecule has 0 aromatic carbocycles. The summed E-state index contributed by atoms with van der Waals surface area (Å²) in [5, 5.41) is 9.05. The Bertz CT molecular complexity index is 324. The van der Waals surface area contributed by atoms with Gasteiger partial charge in [0.25, 0.3) is 0 Å². The van der Waals surface area contributed by atoms with Gasteiger partial charge < -0.3 is 9.84 Å². The molecule has 1 N–H and O–H groups in total. The standard InChI is InChI=1S/C13H21NO2/c1-10(2)5-4-6-16-13-8-12(9-15)7-11(3)14-13/h7-8,10,15H,4-6,9H2,1-3H3. The van der Waals surface area contributed by atoms with Crippen LogP contribution in [0.5, 0.6) is 5.88 Å². The van der Waals surface area contributed by atoms with Crippen molar-refractivity contribution in [3.63, 3.8) is 0 Å². The number of rotatable bonds is 6. The second kappa shape index (κ2) is 6.48. The lowest BCUT2D eigenvalue weighted by Crippen LogP contribution is -2.02. The van der Waals surface area contributed by atoms with Crippen LogP contribution >= 0.6 is 0 Å². The molecule has 3 heteroatoms. The Morgan fingerprint density at radius 1 is 1.38 bits per heavy atom. The van der Waals surface area contributed by atoms with Crippen LogP contribution in [0.15, 0.2) is 12.1 Å². The molecule has 0 aliphatic heterocycles. The molecular formula is C13H21NO2. The van der Waals surface area contributed by atoms with E-state index in [1.807, 2.05) is 13.0 Å². The summed E-state index contributed by atoms with van der Waals surface area (Å²) in [7, 11) is 0. The van der Waals surface area contributed by atoms with Gasteiger partial charge in [-0.25, -0.2) is 4.98 Å². The quantitative estimate of drug-likeness (QED) is 0.754. The van der Waals surface area contributed by atoms with Gasteiger partial charge in [0.1, 0.15) is 0 Å². The Morgan fingerprint density at radius 3 is 2.75 bits per heavy atom. The number of aryl methyl sites for hydroxylation is 1. The van der Waals surface area contributed by atoms with Crippen molar-refractivity contribution in [3.05, 3.63) is 23.4 Å². The molecule has 0 aliphatic carbocycles. The van der Waals surface area contributed by atoms with Crippen LogP contribution in [0, 0.1) is 12.8 Å². The van der Waals surface area contributed by atoms with Gasteiger partial charge in [0, 0.05) is 11.8 Å². The average Bonchev–Trinajstić information content (AvgIpc) is 2.23. The van der Waals surface area contributed by atoms with E-state index < -0.39 is 0 Å². The molecule has 0 fully saturated rings. The summed E-state index contributed by atoms with van der Waals surface area (Å²) in [6.07, 6.45) is 2.21. The maximum Gasteiger partial charge on any atom is 0.213 e. The normalized spacial score (nSPS) is 10.8. The molecular weight excluding hydrogens is 202 g/mol. The molecule has 90 valence electrons. The van der Waals surface area contributed by atoms with Crippen LogP contribution in [0.4, 0.5) is 0 Å². The van der Waals surface area contributed by atoms with Gasteiger partial charge in [-0.2, -0.15) is 0 Å². The lowest BCUT2D eigenvalue weighted by Gasteiger charge is -2.08. The van der Waals surface area contributed by atoms with Crippen LogP contribution in [0.3, 0.4) is 0 Å². The molecule has 0 saturated carbocycles. The van der Waals surface area contributed by atoms with Crippen molar-refractivity contribution in [2.45, 2.75) is 40.2 Å². The van der Waals surface area contributed by atoms with Crippen LogP contribution < -0.4 is 4.74 Å². The van der Waals surface area contributed by atoms with Crippen molar-refractivity contribution >= 4 is 0 Å². The van der Waals surface area contributed by atoms with Crippen molar-refractivity contribution in [3.8, 4) is 5.88 Å². The Labute approximate surface area is 97.5 Å². The third-order valence-corrected chi connectivity index (χ3v) is 2.35. The third-order valence-electron chi connectivity index (χ3n) is 2.35. The molecule has 3 nitrogen and oxygen atoms in total. The molecule has 0 saturated heterocycles. The number of hydrogen-bond acceptors (Lipinski definition) is 3. The summed E-state index contributed by atoms with van der Waals surface area (Å²) in [6.45, 7) is 7.04. The Hall–Kier alpha value is -1.09. The van der Waals surface area contributed by atoms with Crippen molar-refractivity contribution in [2.75, 3.05) is 6.61 Å². The van der Waals surface area contributed by atoms with Crippen LogP contribution in [-0.2, 0) is 6.61 Å². The molecule has 1 aromatic rings. The lowest BCUT2D eigenvalue weighted by atomic mass is 10.1. The number of hydrogen-bond donors (Lipinski definition) is 1. The molecule has 0 unspecified atom stereocenters. The maximum absolute atomic E-state index is 9.05. The van der Waals surface area contributed by atoms with E-state index in [9.17, 15) is 0 Å². The zero-order chi connectivity index (χ0) is 12.0. The topological polar surface area (TPSA) is 42.4 Å². The van der Waals surface area contributed by atoms with Gasteiger partial charge in [0.05, 0.1) is 13.2 Å². The highest BCUT2D eigenvalue weighted by Crippen LogP contribution is 2.13. The first-order chi connectivity index (χ1) is 7.61. The molecule has 0 aliphatic rings. The minimum Gasteiger partial charge on any atom is -0.478 e. The molecule has 1 heterocycles. The minimum atomic E-state index is 0.0334. The monoisotopic (exact) mass is 223 g/mol. The molecule has 1 aromatic heterocycles. The summed E-state index contributed by atoms with van der Waals surface area (Å²) in [5.41, 5.74) is 1.73. The summed E-state index contributed by atoms with van der Waals surface area (Å²) in [6, 6.07) is 3.66. The lowest BCUT2D eigenvalue weighted by molar-refractivity contribution is 0.273. The summed E-state index contributed by atoms with van der Waals surface area (Å²) >= 11 is 0. The number of ether oxygens (including phenoxy) is 1. The van der Waals surface area contributed by atoms with Crippen molar-refractivity contribution in [1.29, 1.82) is 0 Å². The number of aliphatic hydroxyl groups excluding tert-OH is 1. The van der Waals surface area contributed by atoms with E-state index in [0.29, 0.717) is 18.4 Å². The second-order valence-electron chi connectivity index (χ2n) is 4.50. The first-order valence-electron chi connectivity index (χ1n) is 5.83. The molecule has 16 heavy (non-hydrogen) atoms. The number of aliphatic hydroxyl groups is 1. The Kier molecular flexibility index (Phi) is 5.26. The van der Waals surface area contributed by atoms with Gasteiger partial charge in [-0.05, 0) is 37.3 Å². The van der Waals surface area contributed by atoms with Crippen LogP contribution in [0.2, 0.25) is 0 Å². The smallest absolute Gasteiger partial charge is 0.213 e. The molecule has 0 spiro atoms. The van der Waals surface area contributed by atoms with Crippen molar-refractivity contribution in [1.82, 2.24) is 4.98 Å². The fraction of sp³-hybridized carbons (Fsp3) is 0.615. The van der Waals surface area contributed by atoms with Crippen LogP contribution in [0.1, 0.15) is 37.9 Å². The van der Waals surface area contributed by atoms with E-state index in [2.05, 4.69) is 18.8 Å². The second-order valence-corrected chi connectivity index (χ2v) is 4.50. The largest absolute Gasteiger partial charge is 0.478 e. The van der Waals surface area contributed by atoms with Crippen LogP contribution in [-0.4, -0.2) is 16.7 Å². The molecule has 0 bridgehead atoms. The first-order valence-corrected chi connectivity index (χ1v) is 5.83. The number of nitrogens with zero attached hydrogens (tertiary/aromatic N) is 1. The van der Waals surface area contributed by atoms with Gasteiger partial charge in [-0.1, -0.05) is 13.8 Å². The SMILES string of the molecule is Cc1cc(CO)cc(OCCCC(C)C)n1. The molecule has 0 atom stereocenters. The van der Waals surface area contributed by atoms with E-state index in [0.717, 1.165) is 17.7 Å². The van der Waals surface area contributed by atoms with Gasteiger partial charge in [0.15, 0.2) is 0 Å². The van der Waals surface area contributed by atoms with Gasteiger partial charge in [0.2, 0.25) is 5.88 Å². The average molecular weight is 223 g/mol. The van der Waals surface area contributed by atoms with Gasteiger partial charge in [-0.3, -0.25) is 0 Å². The predicted octanol–water partition coefficient (Wildman–Crippen LogP) is 2.70. The molecule has 0 amide bonds. The van der Waals surface area contributed by atoms with E-state index >= 15 is 0 Å². The van der Waals surface area contributed by atoms with Gasteiger partial charge in [-0.15, -0.1) is 0 Å². The molecule has 0 radical (unpaired) electrons.